The number of aliphatic hydroxyl groups is 1. The van der Waals surface area contributed by atoms with Gasteiger partial charge in [-0.1, -0.05) is 0 Å². The molecule has 8 heteroatoms. The molecular formula is C10H13NO6S. The number of carboxylic acids is 1. The van der Waals surface area contributed by atoms with E-state index in [-0.39, 0.29) is 11.5 Å². The summed E-state index contributed by atoms with van der Waals surface area (Å²) in [7, 11) is -3.93. The summed E-state index contributed by atoms with van der Waals surface area (Å²) >= 11 is 0. The molecule has 100 valence electrons. The van der Waals surface area contributed by atoms with Crippen LogP contribution in [-0.4, -0.2) is 42.4 Å². The molecule has 0 aliphatic carbocycles. The van der Waals surface area contributed by atoms with E-state index in [1.165, 1.54) is 6.92 Å². The van der Waals surface area contributed by atoms with Crippen LogP contribution >= 0.6 is 0 Å². The first-order valence-corrected chi connectivity index (χ1v) is 6.45. The molecule has 0 aliphatic rings. The van der Waals surface area contributed by atoms with Crippen LogP contribution in [0.4, 0.5) is 0 Å². The standard InChI is InChI=1S/C10H13NO6S/c1-6(5-12)11-18(16,17)7-2-3-9(13)8(4-7)10(14)15/h2-4,6,11-13H,5H2,1H3,(H,14,15)/t6-/m1/s1. The van der Waals surface area contributed by atoms with Gasteiger partial charge < -0.3 is 15.3 Å². The lowest BCUT2D eigenvalue weighted by molar-refractivity contribution is 0.0693. The fraction of sp³-hybridized carbons (Fsp3) is 0.300. The average Bonchev–Trinajstić information content (AvgIpc) is 2.28. The Balaban J connectivity index is 3.18. The monoisotopic (exact) mass is 275 g/mol. The highest BCUT2D eigenvalue weighted by Gasteiger charge is 2.20. The number of aromatic carboxylic acids is 1. The van der Waals surface area contributed by atoms with E-state index in [1.54, 1.807) is 0 Å². The SMILES string of the molecule is C[C@H](CO)NS(=O)(=O)c1ccc(O)c(C(=O)O)c1. The van der Waals surface area contributed by atoms with Gasteiger partial charge in [-0.15, -0.1) is 0 Å². The minimum atomic E-state index is -3.93. The van der Waals surface area contributed by atoms with Crippen molar-refractivity contribution in [1.29, 1.82) is 0 Å². The molecule has 1 aromatic carbocycles. The second kappa shape index (κ2) is 5.34. The van der Waals surface area contributed by atoms with Crippen LogP contribution < -0.4 is 4.72 Å². The number of carboxylic acid groups (broad SMARTS) is 1. The van der Waals surface area contributed by atoms with Crippen LogP contribution in [0.3, 0.4) is 0 Å². The molecule has 0 amide bonds. The molecule has 0 saturated heterocycles. The second-order valence-electron chi connectivity index (χ2n) is 3.69. The molecule has 0 radical (unpaired) electrons. The maximum Gasteiger partial charge on any atom is 0.339 e. The summed E-state index contributed by atoms with van der Waals surface area (Å²) in [5.41, 5.74) is -0.505. The third-order valence-corrected chi connectivity index (χ3v) is 3.73. The minimum Gasteiger partial charge on any atom is -0.507 e. The molecule has 4 N–H and O–H groups in total. The van der Waals surface area contributed by atoms with Gasteiger partial charge in [0.25, 0.3) is 0 Å². The van der Waals surface area contributed by atoms with E-state index in [0.717, 1.165) is 18.2 Å². The fourth-order valence-corrected chi connectivity index (χ4v) is 2.48. The van der Waals surface area contributed by atoms with Gasteiger partial charge in [-0.25, -0.2) is 17.9 Å². The zero-order chi connectivity index (χ0) is 13.9. The first kappa shape index (κ1) is 14.4. The third kappa shape index (κ3) is 3.19. The number of rotatable bonds is 5. The summed E-state index contributed by atoms with van der Waals surface area (Å²) in [6.07, 6.45) is 0. The number of carbonyl (C=O) groups is 1. The number of hydrogen-bond donors (Lipinski definition) is 4. The quantitative estimate of drug-likeness (QED) is 0.587. The van der Waals surface area contributed by atoms with E-state index < -0.39 is 33.3 Å². The zero-order valence-corrected chi connectivity index (χ0v) is 10.3. The predicted molar refractivity (Wildman–Crippen MR) is 61.9 cm³/mol. The normalized spacial score (nSPS) is 13.2. The minimum absolute atomic E-state index is 0.294. The topological polar surface area (TPSA) is 124 Å². The maximum absolute atomic E-state index is 11.8. The van der Waals surface area contributed by atoms with Gasteiger partial charge in [-0.2, -0.15) is 0 Å². The second-order valence-corrected chi connectivity index (χ2v) is 5.40. The number of phenols is 1. The summed E-state index contributed by atoms with van der Waals surface area (Å²) in [5.74, 6) is -1.95. The molecule has 0 aromatic heterocycles. The third-order valence-electron chi connectivity index (χ3n) is 2.14. The molecule has 1 atom stereocenters. The van der Waals surface area contributed by atoms with Crippen LogP contribution in [0.2, 0.25) is 0 Å². The molecule has 0 saturated carbocycles. The average molecular weight is 275 g/mol. The Kier molecular flexibility index (Phi) is 4.28. The van der Waals surface area contributed by atoms with Crippen molar-refractivity contribution in [3.8, 4) is 5.75 Å². The summed E-state index contributed by atoms with van der Waals surface area (Å²) in [6, 6.07) is 2.22. The molecule has 0 bridgehead atoms. The van der Waals surface area contributed by atoms with Crippen molar-refractivity contribution in [3.63, 3.8) is 0 Å². The van der Waals surface area contributed by atoms with Crippen LogP contribution in [0, 0.1) is 0 Å². The molecule has 0 fully saturated rings. The number of aliphatic hydroxyl groups excluding tert-OH is 1. The first-order chi connectivity index (χ1) is 8.27. The van der Waals surface area contributed by atoms with E-state index in [0.29, 0.717) is 0 Å². The van der Waals surface area contributed by atoms with E-state index in [4.69, 9.17) is 10.2 Å². The van der Waals surface area contributed by atoms with Gasteiger partial charge in [-0.3, -0.25) is 0 Å². The lowest BCUT2D eigenvalue weighted by Crippen LogP contribution is -2.35. The van der Waals surface area contributed by atoms with Gasteiger partial charge >= 0.3 is 5.97 Å². The number of benzene rings is 1. The van der Waals surface area contributed by atoms with E-state index in [9.17, 15) is 18.3 Å². The van der Waals surface area contributed by atoms with Crippen LogP contribution in [0.15, 0.2) is 23.1 Å². The summed E-state index contributed by atoms with van der Waals surface area (Å²) in [6.45, 7) is 1.07. The first-order valence-electron chi connectivity index (χ1n) is 4.97. The largest absolute Gasteiger partial charge is 0.507 e. The van der Waals surface area contributed by atoms with Crippen molar-refractivity contribution in [1.82, 2.24) is 4.72 Å². The molecule has 0 heterocycles. The fourth-order valence-electron chi connectivity index (χ4n) is 1.22. The van der Waals surface area contributed by atoms with Crippen molar-refractivity contribution in [2.75, 3.05) is 6.61 Å². The van der Waals surface area contributed by atoms with Gasteiger partial charge in [0.1, 0.15) is 11.3 Å². The van der Waals surface area contributed by atoms with Crippen molar-refractivity contribution in [2.45, 2.75) is 17.9 Å². The van der Waals surface area contributed by atoms with Gasteiger partial charge in [0, 0.05) is 6.04 Å². The lowest BCUT2D eigenvalue weighted by Gasteiger charge is -2.12. The Bertz CT molecular complexity index is 553. The van der Waals surface area contributed by atoms with Gasteiger partial charge in [0.15, 0.2) is 0 Å². The summed E-state index contributed by atoms with van der Waals surface area (Å²) in [5, 5.41) is 26.8. The van der Waals surface area contributed by atoms with E-state index in [2.05, 4.69) is 4.72 Å². The predicted octanol–water partition coefficient (Wildman–Crippen LogP) is -0.251. The van der Waals surface area contributed by atoms with Gasteiger partial charge in [0.05, 0.1) is 11.5 Å². The van der Waals surface area contributed by atoms with Crippen molar-refractivity contribution < 1.29 is 28.5 Å². The number of sulfonamides is 1. The van der Waals surface area contributed by atoms with Crippen molar-refractivity contribution in [2.24, 2.45) is 0 Å². The molecule has 1 aromatic rings. The smallest absolute Gasteiger partial charge is 0.339 e. The molecular weight excluding hydrogens is 262 g/mol. The number of nitrogens with one attached hydrogen (secondary N) is 1. The molecule has 18 heavy (non-hydrogen) atoms. The zero-order valence-electron chi connectivity index (χ0n) is 9.49. The Labute approximate surface area is 104 Å². The van der Waals surface area contributed by atoms with E-state index >= 15 is 0 Å². The van der Waals surface area contributed by atoms with Gasteiger partial charge in [-0.05, 0) is 25.1 Å². The van der Waals surface area contributed by atoms with Crippen molar-refractivity contribution in [3.05, 3.63) is 23.8 Å². The summed E-state index contributed by atoms with van der Waals surface area (Å²) < 4.78 is 25.7. The highest BCUT2D eigenvalue weighted by atomic mass is 32.2. The highest BCUT2D eigenvalue weighted by Crippen LogP contribution is 2.21. The molecule has 1 rings (SSSR count). The van der Waals surface area contributed by atoms with Crippen LogP contribution in [0.25, 0.3) is 0 Å². The van der Waals surface area contributed by atoms with Crippen LogP contribution in [-0.2, 0) is 10.0 Å². The van der Waals surface area contributed by atoms with Crippen LogP contribution in [0.5, 0.6) is 5.75 Å². The van der Waals surface area contributed by atoms with Crippen molar-refractivity contribution >= 4 is 16.0 Å². The Morgan fingerprint density at radius 3 is 2.56 bits per heavy atom. The molecule has 0 aliphatic heterocycles. The summed E-state index contributed by atoms with van der Waals surface area (Å²) in [4.78, 5) is 10.5. The molecule has 7 nitrogen and oxygen atoms in total. The van der Waals surface area contributed by atoms with Gasteiger partial charge in [0.2, 0.25) is 10.0 Å². The maximum atomic E-state index is 11.8. The highest BCUT2D eigenvalue weighted by molar-refractivity contribution is 7.89. The van der Waals surface area contributed by atoms with E-state index in [1.807, 2.05) is 0 Å². The number of hydrogen-bond acceptors (Lipinski definition) is 5. The molecule has 0 unspecified atom stereocenters. The Hall–Kier alpha value is -1.64. The molecule has 0 spiro atoms. The lowest BCUT2D eigenvalue weighted by atomic mass is 10.2. The Morgan fingerprint density at radius 1 is 1.44 bits per heavy atom. The van der Waals surface area contributed by atoms with Crippen LogP contribution in [0.1, 0.15) is 17.3 Å². The number of aromatic hydroxyl groups is 1. The Morgan fingerprint density at radius 2 is 2.06 bits per heavy atom.